The predicted molar refractivity (Wildman–Crippen MR) is 196 cm³/mol. The second kappa shape index (κ2) is 9.24. The Balaban J connectivity index is 1.31. The molecule has 204 valence electrons. The Bertz CT molecular complexity index is 2720. The zero-order valence-electron chi connectivity index (χ0n) is 23.7. The first kappa shape index (κ1) is 24.4. The van der Waals surface area contributed by atoms with Crippen LogP contribution in [0.1, 0.15) is 0 Å². The summed E-state index contributed by atoms with van der Waals surface area (Å²) in [7, 11) is 0. The lowest BCUT2D eigenvalue weighted by molar-refractivity contribution is 1.70. The fraction of sp³-hybridized carbons (Fsp3) is 0. The molecular formula is C42H24S2. The molecular weight excluding hydrogens is 569 g/mol. The largest absolute Gasteiger partial charge is 0.135 e. The Morgan fingerprint density at radius 2 is 0.795 bits per heavy atom. The minimum atomic E-state index is 1.27. The molecule has 0 N–H and O–H groups in total. The van der Waals surface area contributed by atoms with E-state index in [2.05, 4.69) is 146 Å². The van der Waals surface area contributed by atoms with Crippen LogP contribution < -0.4 is 0 Å². The van der Waals surface area contributed by atoms with Gasteiger partial charge < -0.3 is 0 Å². The van der Waals surface area contributed by atoms with Gasteiger partial charge in [-0.3, -0.25) is 0 Å². The van der Waals surface area contributed by atoms with E-state index in [-0.39, 0.29) is 0 Å². The third-order valence-electron chi connectivity index (χ3n) is 9.27. The van der Waals surface area contributed by atoms with Crippen molar-refractivity contribution in [3.63, 3.8) is 0 Å². The summed E-state index contributed by atoms with van der Waals surface area (Å²) in [4.78, 5) is 0. The smallest absolute Gasteiger partial charge is 0.0434 e. The van der Waals surface area contributed by atoms with E-state index < -0.39 is 0 Å². The van der Waals surface area contributed by atoms with Gasteiger partial charge in [-0.15, -0.1) is 22.7 Å². The first-order valence-electron chi connectivity index (χ1n) is 15.0. The molecule has 8 aromatic carbocycles. The summed E-state index contributed by atoms with van der Waals surface area (Å²) < 4.78 is 5.39. The third-order valence-corrected chi connectivity index (χ3v) is 11.6. The maximum absolute atomic E-state index is 2.41. The fourth-order valence-electron chi connectivity index (χ4n) is 7.37. The van der Waals surface area contributed by atoms with Gasteiger partial charge >= 0.3 is 0 Å². The third kappa shape index (κ3) is 3.38. The van der Waals surface area contributed by atoms with Gasteiger partial charge in [0.05, 0.1) is 0 Å². The first-order chi connectivity index (χ1) is 21.8. The minimum Gasteiger partial charge on any atom is -0.135 e. The maximum atomic E-state index is 2.41. The second-order valence-corrected chi connectivity index (χ2v) is 13.7. The molecule has 2 heteroatoms. The van der Waals surface area contributed by atoms with Crippen molar-refractivity contribution in [2.24, 2.45) is 0 Å². The Morgan fingerprint density at radius 3 is 1.50 bits per heavy atom. The van der Waals surface area contributed by atoms with Crippen LogP contribution in [0.15, 0.2) is 146 Å². The summed E-state index contributed by atoms with van der Waals surface area (Å²) >= 11 is 3.78. The van der Waals surface area contributed by atoms with Crippen LogP contribution in [0.4, 0.5) is 0 Å². The number of hydrogen-bond acceptors (Lipinski definition) is 2. The number of thiophene rings is 2. The average molecular weight is 593 g/mol. The van der Waals surface area contributed by atoms with Gasteiger partial charge in [0, 0.05) is 45.7 Å². The van der Waals surface area contributed by atoms with Crippen LogP contribution in [0.5, 0.6) is 0 Å². The first-order valence-corrected chi connectivity index (χ1v) is 16.7. The lowest BCUT2D eigenvalue weighted by Gasteiger charge is -2.19. The van der Waals surface area contributed by atoms with Crippen LogP contribution in [0.3, 0.4) is 0 Å². The summed E-state index contributed by atoms with van der Waals surface area (Å²) in [6.45, 7) is 0. The molecule has 0 atom stereocenters. The standard InChI is InChI=1S/C42H24S2/c1-3-14-32-30(12-1)40(25-20-23-39-36(24-25)28-11-6-7-18-37(28)43-39)31-13-2-4-15-33(31)41(32)29-16-9-17-34-26(29)21-22-35-27-10-5-8-19-38(27)44-42(34)35/h1-24H. The monoisotopic (exact) mass is 592 g/mol. The molecule has 10 rings (SSSR count). The van der Waals surface area contributed by atoms with Crippen molar-refractivity contribution < 1.29 is 0 Å². The predicted octanol–water partition coefficient (Wildman–Crippen LogP) is 13.2. The van der Waals surface area contributed by atoms with Crippen LogP contribution >= 0.6 is 22.7 Å². The van der Waals surface area contributed by atoms with E-state index in [1.807, 2.05) is 22.7 Å². The highest BCUT2D eigenvalue weighted by molar-refractivity contribution is 7.26. The minimum absolute atomic E-state index is 1.27. The normalized spacial score (nSPS) is 12.1. The van der Waals surface area contributed by atoms with Crippen molar-refractivity contribution in [1.29, 1.82) is 0 Å². The molecule has 0 spiro atoms. The van der Waals surface area contributed by atoms with E-state index in [1.165, 1.54) is 94.9 Å². The van der Waals surface area contributed by atoms with Crippen LogP contribution in [-0.4, -0.2) is 0 Å². The lowest BCUT2D eigenvalue weighted by atomic mass is 9.84. The van der Waals surface area contributed by atoms with Gasteiger partial charge in [-0.1, -0.05) is 121 Å². The molecule has 0 amide bonds. The van der Waals surface area contributed by atoms with Gasteiger partial charge in [0.25, 0.3) is 0 Å². The highest BCUT2D eigenvalue weighted by Crippen LogP contribution is 2.48. The molecule has 0 aliphatic rings. The van der Waals surface area contributed by atoms with Crippen LogP contribution in [0.2, 0.25) is 0 Å². The molecule has 0 radical (unpaired) electrons. The quantitative estimate of drug-likeness (QED) is 0.175. The van der Waals surface area contributed by atoms with Crippen molar-refractivity contribution >= 4 is 95.3 Å². The SMILES string of the molecule is c1ccc2c(c1)sc1ccc(-c3c4ccccc4c(-c4cccc5c4ccc4c6ccccc6sc54)c4ccccc34)cc12. The molecule has 0 aliphatic heterocycles. The lowest BCUT2D eigenvalue weighted by Crippen LogP contribution is -1.91. The van der Waals surface area contributed by atoms with E-state index in [4.69, 9.17) is 0 Å². The highest BCUT2D eigenvalue weighted by Gasteiger charge is 2.19. The molecule has 0 aliphatic carbocycles. The van der Waals surface area contributed by atoms with Crippen LogP contribution in [0, 0.1) is 0 Å². The Labute approximate surface area is 262 Å². The van der Waals surface area contributed by atoms with E-state index in [1.54, 1.807) is 0 Å². The van der Waals surface area contributed by atoms with Gasteiger partial charge in [0.2, 0.25) is 0 Å². The molecule has 0 nitrogen and oxygen atoms in total. The molecule has 0 fully saturated rings. The van der Waals surface area contributed by atoms with Crippen LogP contribution in [-0.2, 0) is 0 Å². The Morgan fingerprint density at radius 1 is 0.295 bits per heavy atom. The molecule has 0 bridgehead atoms. The summed E-state index contributed by atoms with van der Waals surface area (Å²) in [5, 5.41) is 13.2. The fourth-order valence-corrected chi connectivity index (χ4v) is 9.69. The van der Waals surface area contributed by atoms with Crippen LogP contribution in [0.25, 0.3) is 94.9 Å². The number of hydrogen-bond donors (Lipinski definition) is 0. The second-order valence-electron chi connectivity index (χ2n) is 11.6. The summed E-state index contributed by atoms with van der Waals surface area (Å²) in [5.74, 6) is 0. The maximum Gasteiger partial charge on any atom is 0.0434 e. The molecule has 0 saturated carbocycles. The zero-order valence-corrected chi connectivity index (χ0v) is 25.3. The number of rotatable bonds is 2. The number of fused-ring (bicyclic) bond motifs is 10. The van der Waals surface area contributed by atoms with E-state index in [0.29, 0.717) is 0 Å². The van der Waals surface area contributed by atoms with E-state index in [9.17, 15) is 0 Å². The Hall–Kier alpha value is -5.02. The average Bonchev–Trinajstić information content (AvgIpc) is 3.65. The molecule has 2 aromatic heterocycles. The van der Waals surface area contributed by atoms with Gasteiger partial charge in [-0.05, 0) is 73.5 Å². The molecule has 0 saturated heterocycles. The molecule has 0 unspecified atom stereocenters. The molecule has 2 heterocycles. The van der Waals surface area contributed by atoms with Crippen molar-refractivity contribution in [1.82, 2.24) is 0 Å². The van der Waals surface area contributed by atoms with E-state index >= 15 is 0 Å². The van der Waals surface area contributed by atoms with Gasteiger partial charge in [0.1, 0.15) is 0 Å². The highest BCUT2D eigenvalue weighted by atomic mass is 32.1. The van der Waals surface area contributed by atoms with Crippen molar-refractivity contribution in [3.05, 3.63) is 146 Å². The topological polar surface area (TPSA) is 0 Å². The van der Waals surface area contributed by atoms with Crippen molar-refractivity contribution in [3.8, 4) is 22.3 Å². The molecule has 44 heavy (non-hydrogen) atoms. The van der Waals surface area contributed by atoms with E-state index in [0.717, 1.165) is 0 Å². The van der Waals surface area contributed by atoms with Crippen molar-refractivity contribution in [2.45, 2.75) is 0 Å². The van der Waals surface area contributed by atoms with Crippen molar-refractivity contribution in [2.75, 3.05) is 0 Å². The molecule has 10 aromatic rings. The summed E-state index contributed by atoms with van der Waals surface area (Å²) in [5.41, 5.74) is 5.18. The van der Waals surface area contributed by atoms with Gasteiger partial charge in [-0.25, -0.2) is 0 Å². The summed E-state index contributed by atoms with van der Waals surface area (Å²) in [6, 6.07) is 54.2. The van der Waals surface area contributed by atoms with Gasteiger partial charge in [0.15, 0.2) is 0 Å². The van der Waals surface area contributed by atoms with Gasteiger partial charge in [-0.2, -0.15) is 0 Å². The summed E-state index contributed by atoms with van der Waals surface area (Å²) in [6.07, 6.45) is 0. The zero-order chi connectivity index (χ0) is 28.8. The number of benzene rings is 8. The Kier molecular flexibility index (Phi) is 5.13.